The Labute approximate surface area is 177 Å². The van der Waals surface area contributed by atoms with Crippen LogP contribution in [0.2, 0.25) is 0 Å². The van der Waals surface area contributed by atoms with Crippen LogP contribution in [0.5, 0.6) is 5.75 Å². The quantitative estimate of drug-likeness (QED) is 0.449. The molecule has 1 saturated heterocycles. The van der Waals surface area contributed by atoms with Crippen LogP contribution in [0.25, 0.3) is 0 Å². The van der Waals surface area contributed by atoms with E-state index in [4.69, 9.17) is 9.47 Å². The molecule has 0 radical (unpaired) electrons. The average Bonchev–Trinajstić information content (AvgIpc) is 2.74. The fraction of sp³-hybridized carbons (Fsp3) is 0.500. The fourth-order valence-corrected chi connectivity index (χ4v) is 3.86. The number of esters is 1. The van der Waals surface area contributed by atoms with Crippen molar-refractivity contribution < 1.29 is 27.5 Å². The lowest BCUT2D eigenvalue weighted by Gasteiger charge is -2.37. The van der Waals surface area contributed by atoms with Crippen LogP contribution >= 0.6 is 0 Å². The molecule has 0 bridgehead atoms. The Balaban J connectivity index is 1.95. The van der Waals surface area contributed by atoms with Crippen molar-refractivity contribution >= 4 is 21.9 Å². The van der Waals surface area contributed by atoms with Gasteiger partial charge < -0.3 is 14.8 Å². The van der Waals surface area contributed by atoms with Crippen LogP contribution in [0.4, 0.5) is 0 Å². The number of nitrogens with one attached hydrogen (secondary N) is 1. The minimum absolute atomic E-state index is 0.0503. The molecule has 9 nitrogen and oxygen atoms in total. The van der Waals surface area contributed by atoms with E-state index in [1.165, 1.54) is 11.4 Å². The van der Waals surface area contributed by atoms with Crippen molar-refractivity contribution in [3.05, 3.63) is 29.8 Å². The molecule has 30 heavy (non-hydrogen) atoms. The third-order valence-electron chi connectivity index (χ3n) is 4.72. The number of rotatable bonds is 8. The van der Waals surface area contributed by atoms with Gasteiger partial charge in [0.15, 0.2) is 0 Å². The predicted molar refractivity (Wildman–Crippen MR) is 112 cm³/mol. The van der Waals surface area contributed by atoms with Crippen molar-refractivity contribution in [1.82, 2.24) is 14.5 Å². The van der Waals surface area contributed by atoms with Crippen molar-refractivity contribution in [2.24, 2.45) is 0 Å². The van der Waals surface area contributed by atoms with Gasteiger partial charge in [-0.3, -0.25) is 14.5 Å². The molecule has 0 aliphatic carbocycles. The normalized spacial score (nSPS) is 16.1. The molecule has 10 heteroatoms. The Hall–Kier alpha value is -2.61. The Morgan fingerprint density at radius 2 is 1.80 bits per heavy atom. The standard InChI is InChI=1S/C20H27N3O6S/c1-4-5-14-29-17-8-6-16(7-9-17)19(24)21-15-18(20(25)28-2)22-10-12-23(13-11-22)30(3,26)27/h6-9,18H,10-15H2,1-3H3,(H,21,24). The lowest BCUT2D eigenvalue weighted by molar-refractivity contribution is -0.147. The first-order valence-corrected chi connectivity index (χ1v) is 11.3. The van der Waals surface area contributed by atoms with Gasteiger partial charge in [-0.1, -0.05) is 5.92 Å². The van der Waals surface area contributed by atoms with Crippen molar-refractivity contribution in [3.8, 4) is 17.6 Å². The maximum Gasteiger partial charge on any atom is 0.324 e. The van der Waals surface area contributed by atoms with E-state index in [0.717, 1.165) is 6.26 Å². The van der Waals surface area contributed by atoms with Crippen LogP contribution in [0.15, 0.2) is 24.3 Å². The molecule has 1 N–H and O–H groups in total. The lowest BCUT2D eigenvalue weighted by atomic mass is 10.1. The van der Waals surface area contributed by atoms with Crippen LogP contribution in [0, 0.1) is 11.8 Å². The fourth-order valence-electron chi connectivity index (χ4n) is 3.03. The van der Waals surface area contributed by atoms with Crippen LogP contribution in [0.1, 0.15) is 17.3 Å². The molecular formula is C20H27N3O6S. The molecule has 0 aromatic heterocycles. The number of piperazine rings is 1. The van der Waals surface area contributed by atoms with Gasteiger partial charge in [0, 0.05) is 38.3 Å². The van der Waals surface area contributed by atoms with Crippen LogP contribution < -0.4 is 10.1 Å². The van der Waals surface area contributed by atoms with E-state index in [9.17, 15) is 18.0 Å². The SMILES string of the molecule is CC#CCOc1ccc(C(=O)NCC(C(=O)OC)N2CCN(S(C)(=O)=O)CC2)cc1. The van der Waals surface area contributed by atoms with Crippen molar-refractivity contribution in [1.29, 1.82) is 0 Å². The Kier molecular flexibility index (Phi) is 8.65. The largest absolute Gasteiger partial charge is 0.481 e. The molecule has 1 amide bonds. The van der Waals surface area contributed by atoms with E-state index in [1.807, 2.05) is 4.90 Å². The number of amides is 1. The number of carbonyl (C=O) groups excluding carboxylic acids is 2. The van der Waals surface area contributed by atoms with E-state index < -0.39 is 22.0 Å². The van der Waals surface area contributed by atoms with E-state index in [0.29, 0.717) is 24.4 Å². The molecular weight excluding hydrogens is 410 g/mol. The molecule has 1 unspecified atom stereocenters. The lowest BCUT2D eigenvalue weighted by Crippen LogP contribution is -2.57. The van der Waals surface area contributed by atoms with Gasteiger partial charge in [-0.2, -0.15) is 4.31 Å². The highest BCUT2D eigenvalue weighted by atomic mass is 32.2. The molecule has 1 heterocycles. The molecule has 1 atom stereocenters. The van der Waals surface area contributed by atoms with Crippen LogP contribution in [0.3, 0.4) is 0 Å². The minimum atomic E-state index is -3.27. The third-order valence-corrected chi connectivity index (χ3v) is 6.02. The average molecular weight is 438 g/mol. The van der Waals surface area contributed by atoms with E-state index in [2.05, 4.69) is 17.2 Å². The first kappa shape index (κ1) is 23.7. The number of nitrogens with zero attached hydrogens (tertiary/aromatic N) is 2. The maximum absolute atomic E-state index is 12.5. The third kappa shape index (κ3) is 6.73. The van der Waals surface area contributed by atoms with Crippen LogP contribution in [-0.4, -0.2) is 88.2 Å². The summed E-state index contributed by atoms with van der Waals surface area (Å²) >= 11 is 0. The molecule has 1 aliphatic heterocycles. The highest BCUT2D eigenvalue weighted by molar-refractivity contribution is 7.88. The van der Waals surface area contributed by atoms with Crippen molar-refractivity contribution in [3.63, 3.8) is 0 Å². The number of benzene rings is 1. The topological polar surface area (TPSA) is 105 Å². The second-order valence-electron chi connectivity index (χ2n) is 6.69. The van der Waals surface area contributed by atoms with Gasteiger partial charge in [0.1, 0.15) is 18.4 Å². The highest BCUT2D eigenvalue weighted by Gasteiger charge is 2.32. The maximum atomic E-state index is 12.5. The van der Waals surface area contributed by atoms with E-state index in [-0.39, 0.29) is 32.1 Å². The summed E-state index contributed by atoms with van der Waals surface area (Å²) in [4.78, 5) is 26.5. The van der Waals surface area contributed by atoms with Gasteiger partial charge in [-0.05, 0) is 31.2 Å². The number of methoxy groups -OCH3 is 1. The number of carbonyl (C=O) groups is 2. The summed E-state index contributed by atoms with van der Waals surface area (Å²) in [5, 5.41) is 2.75. The molecule has 0 spiro atoms. The van der Waals surface area contributed by atoms with Crippen LogP contribution in [-0.2, 0) is 19.6 Å². The van der Waals surface area contributed by atoms with Gasteiger partial charge in [0.2, 0.25) is 10.0 Å². The first-order chi connectivity index (χ1) is 14.3. The molecule has 0 saturated carbocycles. The van der Waals surface area contributed by atoms with Gasteiger partial charge in [-0.15, -0.1) is 5.92 Å². The van der Waals surface area contributed by atoms with Gasteiger partial charge >= 0.3 is 5.97 Å². The first-order valence-electron chi connectivity index (χ1n) is 9.44. The number of hydrogen-bond donors (Lipinski definition) is 1. The van der Waals surface area contributed by atoms with E-state index >= 15 is 0 Å². The van der Waals surface area contributed by atoms with Gasteiger partial charge in [-0.25, -0.2) is 8.42 Å². The van der Waals surface area contributed by atoms with Gasteiger partial charge in [0.05, 0.1) is 13.4 Å². The van der Waals surface area contributed by atoms with Crippen molar-refractivity contribution in [2.75, 3.05) is 52.7 Å². The summed E-state index contributed by atoms with van der Waals surface area (Å²) in [5.41, 5.74) is 0.425. The number of sulfonamides is 1. The van der Waals surface area contributed by atoms with Crippen molar-refractivity contribution in [2.45, 2.75) is 13.0 Å². The molecule has 164 valence electrons. The second-order valence-corrected chi connectivity index (χ2v) is 8.67. The highest BCUT2D eigenvalue weighted by Crippen LogP contribution is 2.13. The Morgan fingerprint density at radius 3 is 2.33 bits per heavy atom. The second kappa shape index (κ2) is 11.0. The number of ether oxygens (including phenoxy) is 2. The monoisotopic (exact) mass is 437 g/mol. The Morgan fingerprint density at radius 1 is 1.17 bits per heavy atom. The molecule has 1 fully saturated rings. The minimum Gasteiger partial charge on any atom is -0.481 e. The van der Waals surface area contributed by atoms with Gasteiger partial charge in [0.25, 0.3) is 5.91 Å². The summed E-state index contributed by atoms with van der Waals surface area (Å²) in [5.74, 6) is 5.31. The smallest absolute Gasteiger partial charge is 0.324 e. The molecule has 1 aromatic rings. The summed E-state index contributed by atoms with van der Waals surface area (Å²) in [6.45, 7) is 3.35. The number of hydrogen-bond acceptors (Lipinski definition) is 7. The summed E-state index contributed by atoms with van der Waals surface area (Å²) in [6, 6.07) is 5.91. The summed E-state index contributed by atoms with van der Waals surface area (Å²) in [6.07, 6.45) is 1.16. The summed E-state index contributed by atoms with van der Waals surface area (Å²) < 4.78 is 35.0. The summed E-state index contributed by atoms with van der Waals surface area (Å²) in [7, 11) is -1.99. The zero-order chi connectivity index (χ0) is 22.1. The predicted octanol–water partition coefficient (Wildman–Crippen LogP) is -0.0627. The molecule has 2 rings (SSSR count). The molecule has 1 aromatic carbocycles. The zero-order valence-electron chi connectivity index (χ0n) is 17.4. The zero-order valence-corrected chi connectivity index (χ0v) is 18.2. The molecule has 1 aliphatic rings. The Bertz CT molecular complexity index is 897. The van der Waals surface area contributed by atoms with E-state index in [1.54, 1.807) is 31.2 Å².